The summed E-state index contributed by atoms with van der Waals surface area (Å²) in [5.41, 5.74) is 2.07. The van der Waals surface area contributed by atoms with Gasteiger partial charge >= 0.3 is 0 Å². The van der Waals surface area contributed by atoms with Crippen molar-refractivity contribution in [2.24, 2.45) is 0 Å². The molecular formula is C17H19N5O2. The van der Waals surface area contributed by atoms with Gasteiger partial charge in [0.05, 0.1) is 30.3 Å². The zero-order valence-corrected chi connectivity index (χ0v) is 13.2. The van der Waals surface area contributed by atoms with Crippen molar-refractivity contribution in [2.75, 3.05) is 26.2 Å². The molecule has 7 nitrogen and oxygen atoms in total. The first-order chi connectivity index (χ1) is 11.7. The third-order valence-corrected chi connectivity index (χ3v) is 4.06. The van der Waals surface area contributed by atoms with Gasteiger partial charge in [0, 0.05) is 32.7 Å². The normalized spacial score (nSPS) is 18.8. The van der Waals surface area contributed by atoms with Gasteiger partial charge in [0.15, 0.2) is 0 Å². The lowest BCUT2D eigenvalue weighted by Gasteiger charge is -2.21. The molecule has 0 spiro atoms. The van der Waals surface area contributed by atoms with Gasteiger partial charge in [0.1, 0.15) is 5.69 Å². The Morgan fingerprint density at radius 2 is 2.29 bits per heavy atom. The molecule has 1 amide bonds. The number of carbonyl (C=O) groups is 1. The van der Waals surface area contributed by atoms with Crippen LogP contribution in [0.2, 0.25) is 0 Å². The predicted molar refractivity (Wildman–Crippen MR) is 86.9 cm³/mol. The van der Waals surface area contributed by atoms with Gasteiger partial charge < -0.3 is 15.0 Å². The Balaban J connectivity index is 1.66. The molecule has 124 valence electrons. The number of nitrogens with one attached hydrogen (secondary N) is 1. The number of benzene rings is 1. The summed E-state index contributed by atoms with van der Waals surface area (Å²) in [5, 5.41) is 19.2. The van der Waals surface area contributed by atoms with Crippen molar-refractivity contribution in [1.82, 2.24) is 19.8 Å². The highest BCUT2D eigenvalue weighted by molar-refractivity contribution is 5.92. The number of nitrogens with zero attached hydrogens (tertiary/aromatic N) is 4. The molecule has 1 aliphatic rings. The first kappa shape index (κ1) is 16.2. The number of aromatic nitrogens is 2. The summed E-state index contributed by atoms with van der Waals surface area (Å²) in [6.45, 7) is 2.62. The lowest BCUT2D eigenvalue weighted by molar-refractivity contribution is 0.0658. The van der Waals surface area contributed by atoms with Crippen molar-refractivity contribution in [3.63, 3.8) is 0 Å². The van der Waals surface area contributed by atoms with Gasteiger partial charge in [-0.1, -0.05) is 12.1 Å². The third kappa shape index (κ3) is 3.79. The molecule has 1 aromatic carbocycles. The smallest absolute Gasteiger partial charge is 0.272 e. The molecule has 0 bridgehead atoms. The van der Waals surface area contributed by atoms with Gasteiger partial charge in [-0.2, -0.15) is 5.26 Å². The zero-order valence-electron chi connectivity index (χ0n) is 13.2. The molecule has 2 aromatic rings. The van der Waals surface area contributed by atoms with Crippen LogP contribution in [0.4, 0.5) is 0 Å². The number of aromatic amines is 1. The van der Waals surface area contributed by atoms with Crippen LogP contribution in [0.1, 0.15) is 21.6 Å². The fourth-order valence-corrected chi connectivity index (χ4v) is 2.92. The molecule has 1 atom stereocenters. The van der Waals surface area contributed by atoms with E-state index in [1.54, 1.807) is 11.0 Å². The van der Waals surface area contributed by atoms with E-state index in [2.05, 4.69) is 20.9 Å². The molecule has 2 heterocycles. The van der Waals surface area contributed by atoms with E-state index in [9.17, 15) is 9.90 Å². The Morgan fingerprint density at radius 3 is 3.04 bits per heavy atom. The molecule has 7 heteroatoms. The van der Waals surface area contributed by atoms with E-state index in [4.69, 9.17) is 5.26 Å². The number of aliphatic hydroxyl groups is 1. The monoisotopic (exact) mass is 325 g/mol. The lowest BCUT2D eigenvalue weighted by Crippen LogP contribution is -2.37. The van der Waals surface area contributed by atoms with Gasteiger partial charge in [0.25, 0.3) is 5.91 Å². The van der Waals surface area contributed by atoms with E-state index in [0.717, 1.165) is 5.56 Å². The van der Waals surface area contributed by atoms with E-state index in [-0.39, 0.29) is 5.91 Å². The highest BCUT2D eigenvalue weighted by atomic mass is 16.3. The Hall–Kier alpha value is -2.69. The Morgan fingerprint density at radius 1 is 1.42 bits per heavy atom. The van der Waals surface area contributed by atoms with Gasteiger partial charge in [-0.3, -0.25) is 9.69 Å². The average molecular weight is 325 g/mol. The fourth-order valence-electron chi connectivity index (χ4n) is 2.92. The molecule has 24 heavy (non-hydrogen) atoms. The number of H-pyrrole nitrogens is 1. The van der Waals surface area contributed by atoms with E-state index < -0.39 is 6.10 Å². The molecule has 0 aliphatic carbocycles. The van der Waals surface area contributed by atoms with Gasteiger partial charge in [0.2, 0.25) is 0 Å². The average Bonchev–Trinajstić information content (AvgIpc) is 3.06. The largest absolute Gasteiger partial charge is 0.390 e. The number of rotatable bonds is 3. The van der Waals surface area contributed by atoms with E-state index in [1.807, 2.05) is 18.2 Å². The maximum Gasteiger partial charge on any atom is 0.272 e. The second kappa shape index (κ2) is 7.25. The minimum absolute atomic E-state index is 0.153. The van der Waals surface area contributed by atoms with Crippen LogP contribution in [0.5, 0.6) is 0 Å². The van der Waals surface area contributed by atoms with E-state index >= 15 is 0 Å². The highest BCUT2D eigenvalue weighted by Crippen LogP contribution is 2.12. The van der Waals surface area contributed by atoms with Crippen molar-refractivity contribution in [3.8, 4) is 6.07 Å². The Labute approximate surface area is 140 Å². The molecule has 1 aromatic heterocycles. The second-order valence-electron chi connectivity index (χ2n) is 5.92. The summed E-state index contributed by atoms with van der Waals surface area (Å²) in [5.74, 6) is -0.153. The van der Waals surface area contributed by atoms with Crippen LogP contribution in [-0.4, -0.2) is 63.1 Å². The maximum atomic E-state index is 12.4. The first-order valence-electron chi connectivity index (χ1n) is 7.83. The minimum atomic E-state index is -0.612. The van der Waals surface area contributed by atoms with Crippen LogP contribution in [0.25, 0.3) is 0 Å². The number of carbonyl (C=O) groups excluding carboxylic acids is 1. The number of aliphatic hydroxyl groups excluding tert-OH is 1. The van der Waals surface area contributed by atoms with Crippen LogP contribution in [0.3, 0.4) is 0 Å². The summed E-state index contributed by atoms with van der Waals surface area (Å²) in [4.78, 5) is 22.8. The van der Waals surface area contributed by atoms with Crippen LogP contribution in [0.15, 0.2) is 36.8 Å². The molecule has 0 unspecified atom stereocenters. The van der Waals surface area contributed by atoms with Crippen LogP contribution in [-0.2, 0) is 6.54 Å². The fraction of sp³-hybridized carbons (Fsp3) is 0.353. The SMILES string of the molecule is N#Cc1cccc(CN2CCN(C(=O)c3cnc[nH]3)C[C@@H](O)C2)c1. The molecule has 3 rings (SSSR count). The summed E-state index contributed by atoms with van der Waals surface area (Å²) in [6.07, 6.45) is 2.35. The number of amides is 1. The summed E-state index contributed by atoms with van der Waals surface area (Å²) >= 11 is 0. The van der Waals surface area contributed by atoms with E-state index in [1.165, 1.54) is 12.5 Å². The Kier molecular flexibility index (Phi) is 4.89. The van der Waals surface area contributed by atoms with Gasteiger partial charge in [-0.05, 0) is 17.7 Å². The van der Waals surface area contributed by atoms with Gasteiger partial charge in [-0.15, -0.1) is 0 Å². The van der Waals surface area contributed by atoms with Crippen molar-refractivity contribution >= 4 is 5.91 Å². The molecule has 0 radical (unpaired) electrons. The summed E-state index contributed by atoms with van der Waals surface area (Å²) in [6, 6.07) is 9.58. The molecule has 1 saturated heterocycles. The number of hydrogen-bond donors (Lipinski definition) is 2. The van der Waals surface area contributed by atoms with E-state index in [0.29, 0.717) is 44.0 Å². The number of hydrogen-bond acceptors (Lipinski definition) is 5. The maximum absolute atomic E-state index is 12.4. The lowest BCUT2D eigenvalue weighted by atomic mass is 10.1. The number of nitriles is 1. The standard InChI is InChI=1S/C17H19N5O2/c18-7-13-2-1-3-14(6-13)9-21-4-5-22(11-15(23)10-21)17(24)16-8-19-12-20-16/h1-3,6,8,12,15,23H,4-5,9-11H2,(H,19,20)/t15-/m0/s1. The highest BCUT2D eigenvalue weighted by Gasteiger charge is 2.25. The quantitative estimate of drug-likeness (QED) is 0.861. The van der Waals surface area contributed by atoms with Crippen molar-refractivity contribution in [3.05, 3.63) is 53.6 Å². The van der Waals surface area contributed by atoms with Crippen molar-refractivity contribution in [2.45, 2.75) is 12.6 Å². The predicted octanol–water partition coefficient (Wildman–Crippen LogP) is 0.600. The Bertz CT molecular complexity index is 738. The number of imidazole rings is 1. The summed E-state index contributed by atoms with van der Waals surface area (Å²) in [7, 11) is 0. The topological polar surface area (TPSA) is 96.3 Å². The van der Waals surface area contributed by atoms with Crippen molar-refractivity contribution < 1.29 is 9.90 Å². The van der Waals surface area contributed by atoms with Crippen LogP contribution < -0.4 is 0 Å². The third-order valence-electron chi connectivity index (χ3n) is 4.06. The van der Waals surface area contributed by atoms with Crippen molar-refractivity contribution in [1.29, 1.82) is 5.26 Å². The van der Waals surface area contributed by atoms with Gasteiger partial charge in [-0.25, -0.2) is 4.98 Å². The molecule has 1 aliphatic heterocycles. The second-order valence-corrected chi connectivity index (χ2v) is 5.92. The minimum Gasteiger partial charge on any atom is -0.390 e. The summed E-state index contributed by atoms with van der Waals surface area (Å²) < 4.78 is 0. The van der Waals surface area contributed by atoms with Crippen LogP contribution in [0, 0.1) is 11.3 Å². The van der Waals surface area contributed by atoms with Crippen LogP contribution >= 0.6 is 0 Å². The first-order valence-corrected chi connectivity index (χ1v) is 7.83. The molecule has 0 saturated carbocycles. The molecule has 1 fully saturated rings. The molecular weight excluding hydrogens is 306 g/mol. The number of β-amino-alcohol motifs (C(OH)–C–C–N with tert-alkyl or cyclic N) is 1. The zero-order chi connectivity index (χ0) is 16.9. The molecule has 2 N–H and O–H groups in total.